The van der Waals surface area contributed by atoms with Crippen LogP contribution in [0.1, 0.15) is 33.9 Å². The van der Waals surface area contributed by atoms with E-state index in [-0.39, 0.29) is 43.1 Å². The van der Waals surface area contributed by atoms with Crippen molar-refractivity contribution in [3.63, 3.8) is 0 Å². The number of benzene rings is 2. The molecule has 1 N–H and O–H groups in total. The fourth-order valence-electron chi connectivity index (χ4n) is 3.39. The summed E-state index contributed by atoms with van der Waals surface area (Å²) >= 11 is 0. The molecule has 2 aromatic carbocycles. The Morgan fingerprint density at radius 1 is 1.07 bits per heavy atom. The van der Waals surface area contributed by atoms with Crippen molar-refractivity contribution in [1.82, 2.24) is 15.1 Å². The Morgan fingerprint density at radius 2 is 1.75 bits per heavy atom. The lowest BCUT2D eigenvalue weighted by Gasteiger charge is -2.27. The van der Waals surface area contributed by atoms with E-state index >= 15 is 0 Å². The quantitative estimate of drug-likeness (QED) is 0.748. The molecule has 6 heteroatoms. The minimum atomic E-state index is -0.326. The second kappa shape index (κ2) is 8.80. The monoisotopic (exact) mass is 379 g/mol. The standard InChI is InChI=1S/C22H25N3O3/c1-24(2)15-19(16-8-4-3-5-9-16)23-20(26)12-13-25-21(27)14-17-10-6-7-11-18(17)22(25)28/h3-11,19H,12-15H2,1-2H3,(H,23,26)/t19-/m0/s1. The Kier molecular flexibility index (Phi) is 6.21. The molecular formula is C22H25N3O3. The Labute approximate surface area is 165 Å². The first-order chi connectivity index (χ1) is 13.5. The van der Waals surface area contributed by atoms with Crippen molar-refractivity contribution in [2.24, 2.45) is 0 Å². The minimum absolute atomic E-state index is 0.0798. The average molecular weight is 379 g/mol. The molecule has 3 rings (SSSR count). The largest absolute Gasteiger partial charge is 0.348 e. The van der Waals surface area contributed by atoms with Gasteiger partial charge < -0.3 is 10.2 Å². The molecule has 0 saturated carbocycles. The first-order valence-corrected chi connectivity index (χ1v) is 9.37. The summed E-state index contributed by atoms with van der Waals surface area (Å²) in [5.74, 6) is -0.771. The molecule has 0 aromatic heterocycles. The van der Waals surface area contributed by atoms with E-state index in [0.717, 1.165) is 11.1 Å². The third-order valence-electron chi connectivity index (χ3n) is 4.78. The number of hydrogen-bond acceptors (Lipinski definition) is 4. The first kappa shape index (κ1) is 19.8. The van der Waals surface area contributed by atoms with E-state index in [9.17, 15) is 14.4 Å². The summed E-state index contributed by atoms with van der Waals surface area (Å²) < 4.78 is 0. The van der Waals surface area contributed by atoms with Crippen LogP contribution in [0.15, 0.2) is 54.6 Å². The van der Waals surface area contributed by atoms with Gasteiger partial charge in [-0.15, -0.1) is 0 Å². The number of nitrogens with one attached hydrogen (secondary N) is 1. The minimum Gasteiger partial charge on any atom is -0.348 e. The lowest BCUT2D eigenvalue weighted by molar-refractivity contribution is -0.129. The molecule has 3 amide bonds. The SMILES string of the molecule is CN(C)C[C@H](NC(=O)CCN1C(=O)Cc2ccccc2C1=O)c1ccccc1. The van der Waals surface area contributed by atoms with Gasteiger partial charge in [0.2, 0.25) is 11.8 Å². The highest BCUT2D eigenvalue weighted by atomic mass is 16.2. The summed E-state index contributed by atoms with van der Waals surface area (Å²) in [6.45, 7) is 0.742. The van der Waals surface area contributed by atoms with Gasteiger partial charge in [0.15, 0.2) is 0 Å². The summed E-state index contributed by atoms with van der Waals surface area (Å²) in [7, 11) is 3.90. The zero-order valence-corrected chi connectivity index (χ0v) is 16.2. The number of carbonyl (C=O) groups is 3. The van der Waals surface area contributed by atoms with E-state index in [1.54, 1.807) is 18.2 Å². The van der Waals surface area contributed by atoms with E-state index in [0.29, 0.717) is 12.1 Å². The van der Waals surface area contributed by atoms with Gasteiger partial charge in [0.1, 0.15) is 0 Å². The molecule has 0 fully saturated rings. The molecule has 0 saturated heterocycles. The van der Waals surface area contributed by atoms with Gasteiger partial charge in [0.25, 0.3) is 5.91 Å². The highest BCUT2D eigenvalue weighted by molar-refractivity contribution is 6.09. The van der Waals surface area contributed by atoms with Crippen LogP contribution in [0.25, 0.3) is 0 Å². The molecule has 0 bridgehead atoms. The third kappa shape index (κ3) is 4.64. The van der Waals surface area contributed by atoms with Crippen LogP contribution in [0.5, 0.6) is 0 Å². The van der Waals surface area contributed by atoms with Gasteiger partial charge in [0.05, 0.1) is 12.5 Å². The number of amides is 3. The zero-order valence-electron chi connectivity index (χ0n) is 16.2. The summed E-state index contributed by atoms with van der Waals surface area (Å²) in [5.41, 5.74) is 2.30. The van der Waals surface area contributed by atoms with E-state index in [2.05, 4.69) is 5.32 Å². The summed E-state index contributed by atoms with van der Waals surface area (Å²) in [4.78, 5) is 40.7. The van der Waals surface area contributed by atoms with E-state index < -0.39 is 0 Å². The van der Waals surface area contributed by atoms with Crippen molar-refractivity contribution in [2.45, 2.75) is 18.9 Å². The maximum Gasteiger partial charge on any atom is 0.260 e. The predicted molar refractivity (Wildman–Crippen MR) is 107 cm³/mol. The van der Waals surface area contributed by atoms with Crippen LogP contribution >= 0.6 is 0 Å². The second-order valence-electron chi connectivity index (χ2n) is 7.23. The second-order valence-corrected chi connectivity index (χ2v) is 7.23. The molecule has 28 heavy (non-hydrogen) atoms. The number of hydrogen-bond donors (Lipinski definition) is 1. The van der Waals surface area contributed by atoms with Crippen molar-refractivity contribution < 1.29 is 14.4 Å². The zero-order chi connectivity index (χ0) is 20.1. The Balaban J connectivity index is 1.63. The van der Waals surface area contributed by atoms with Crippen molar-refractivity contribution >= 4 is 17.7 Å². The molecule has 1 aliphatic rings. The molecule has 1 heterocycles. The van der Waals surface area contributed by atoms with Gasteiger partial charge in [-0.25, -0.2) is 0 Å². The molecule has 2 aromatic rings. The molecule has 146 valence electrons. The van der Waals surface area contributed by atoms with Gasteiger partial charge in [-0.05, 0) is 31.3 Å². The number of nitrogens with zero attached hydrogens (tertiary/aromatic N) is 2. The Hall–Kier alpha value is -2.99. The molecule has 0 radical (unpaired) electrons. The van der Waals surface area contributed by atoms with Crippen LogP contribution in [-0.4, -0.2) is 54.7 Å². The fraction of sp³-hybridized carbons (Fsp3) is 0.318. The molecule has 6 nitrogen and oxygen atoms in total. The highest BCUT2D eigenvalue weighted by Gasteiger charge is 2.30. The first-order valence-electron chi connectivity index (χ1n) is 9.37. The molecule has 0 aliphatic carbocycles. The van der Waals surface area contributed by atoms with Crippen molar-refractivity contribution in [3.8, 4) is 0 Å². The molecule has 0 spiro atoms. The summed E-state index contributed by atoms with van der Waals surface area (Å²) in [6.07, 6.45) is 0.271. The molecule has 1 atom stereocenters. The van der Waals surface area contributed by atoms with Crippen LogP contribution in [0.2, 0.25) is 0 Å². The van der Waals surface area contributed by atoms with Crippen molar-refractivity contribution in [2.75, 3.05) is 27.2 Å². The number of rotatable bonds is 7. The van der Waals surface area contributed by atoms with Gasteiger partial charge in [-0.3, -0.25) is 19.3 Å². The Bertz CT molecular complexity index is 864. The van der Waals surface area contributed by atoms with Gasteiger partial charge in [-0.2, -0.15) is 0 Å². The maximum absolute atomic E-state index is 12.6. The fourth-order valence-corrected chi connectivity index (χ4v) is 3.39. The predicted octanol–water partition coefficient (Wildman–Crippen LogP) is 2.02. The van der Waals surface area contributed by atoms with Gasteiger partial charge >= 0.3 is 0 Å². The highest BCUT2D eigenvalue weighted by Crippen LogP contribution is 2.20. The van der Waals surface area contributed by atoms with E-state index in [1.807, 2.05) is 55.4 Å². The third-order valence-corrected chi connectivity index (χ3v) is 4.78. The van der Waals surface area contributed by atoms with Crippen LogP contribution in [-0.2, 0) is 16.0 Å². The molecule has 1 aliphatic heterocycles. The van der Waals surface area contributed by atoms with E-state index in [4.69, 9.17) is 0 Å². The smallest absolute Gasteiger partial charge is 0.260 e. The van der Waals surface area contributed by atoms with Crippen molar-refractivity contribution in [1.29, 1.82) is 0 Å². The number of likely N-dealkylation sites (N-methyl/N-ethyl adjacent to an activating group) is 1. The van der Waals surface area contributed by atoms with Gasteiger partial charge in [-0.1, -0.05) is 48.5 Å². The normalized spacial score (nSPS) is 14.8. The van der Waals surface area contributed by atoms with Crippen LogP contribution in [0, 0.1) is 0 Å². The molecule has 0 unspecified atom stereocenters. The molecular weight excluding hydrogens is 354 g/mol. The summed E-state index contributed by atoms with van der Waals surface area (Å²) in [5, 5.41) is 3.02. The average Bonchev–Trinajstić information content (AvgIpc) is 2.67. The lowest BCUT2D eigenvalue weighted by atomic mass is 9.98. The number of carbonyl (C=O) groups excluding carboxylic acids is 3. The van der Waals surface area contributed by atoms with Gasteiger partial charge in [0, 0.05) is 25.1 Å². The summed E-state index contributed by atoms with van der Waals surface area (Å²) in [6, 6.07) is 16.7. The maximum atomic E-state index is 12.6. The van der Waals surface area contributed by atoms with Crippen LogP contribution < -0.4 is 5.32 Å². The van der Waals surface area contributed by atoms with E-state index in [1.165, 1.54) is 4.90 Å². The number of imide groups is 1. The van der Waals surface area contributed by atoms with Crippen LogP contribution in [0.3, 0.4) is 0 Å². The number of fused-ring (bicyclic) bond motifs is 1. The van der Waals surface area contributed by atoms with Crippen LogP contribution in [0.4, 0.5) is 0 Å². The van der Waals surface area contributed by atoms with Crippen molar-refractivity contribution in [3.05, 3.63) is 71.3 Å². The lowest BCUT2D eigenvalue weighted by Crippen LogP contribution is -2.44. The Morgan fingerprint density at radius 3 is 2.46 bits per heavy atom. The topological polar surface area (TPSA) is 69.7 Å².